The zero-order valence-corrected chi connectivity index (χ0v) is 18.7. The fraction of sp³-hybridized carbons (Fsp3) is 0.192. The van der Waals surface area contributed by atoms with Gasteiger partial charge in [-0.15, -0.1) is 0 Å². The summed E-state index contributed by atoms with van der Waals surface area (Å²) in [5.74, 6) is 0.151. The Kier molecular flexibility index (Phi) is 4.70. The number of carbonyl (C=O) groups is 1. The van der Waals surface area contributed by atoms with Gasteiger partial charge in [-0.3, -0.25) is 14.5 Å². The quantitative estimate of drug-likeness (QED) is 0.499. The molecule has 1 aliphatic rings. The summed E-state index contributed by atoms with van der Waals surface area (Å²) >= 11 is 0. The summed E-state index contributed by atoms with van der Waals surface area (Å²) in [6, 6.07) is 11.2. The fourth-order valence-electron chi connectivity index (χ4n) is 4.30. The number of phenolic OH excluding ortho intramolecular Hbond substituents is 1. The van der Waals surface area contributed by atoms with Crippen molar-refractivity contribution < 1.29 is 19.1 Å². The lowest BCUT2D eigenvalue weighted by molar-refractivity contribution is 0.0970. The average Bonchev–Trinajstić information content (AvgIpc) is 3.08. The number of anilines is 1. The van der Waals surface area contributed by atoms with E-state index < -0.39 is 11.9 Å². The predicted molar refractivity (Wildman–Crippen MR) is 124 cm³/mol. The van der Waals surface area contributed by atoms with E-state index in [2.05, 4.69) is 4.98 Å². The van der Waals surface area contributed by atoms with Crippen molar-refractivity contribution in [1.82, 2.24) is 4.98 Å². The molecule has 1 amide bonds. The maximum absolute atomic E-state index is 13.7. The van der Waals surface area contributed by atoms with Crippen LogP contribution in [0.3, 0.4) is 0 Å². The fourth-order valence-corrected chi connectivity index (χ4v) is 4.30. The van der Waals surface area contributed by atoms with Gasteiger partial charge < -0.3 is 14.3 Å². The molecular formula is C26H22N2O5. The first-order valence-corrected chi connectivity index (χ1v) is 10.5. The Labute approximate surface area is 189 Å². The van der Waals surface area contributed by atoms with Gasteiger partial charge in [0.2, 0.25) is 5.76 Å². The number of aromatic nitrogens is 1. The average molecular weight is 442 g/mol. The maximum Gasteiger partial charge on any atom is 0.296 e. The van der Waals surface area contributed by atoms with Crippen LogP contribution in [0.5, 0.6) is 11.5 Å². The topological polar surface area (TPSA) is 92.9 Å². The van der Waals surface area contributed by atoms with E-state index in [1.807, 2.05) is 26.8 Å². The summed E-state index contributed by atoms with van der Waals surface area (Å²) in [5, 5.41) is 10.5. The van der Waals surface area contributed by atoms with E-state index in [1.54, 1.807) is 36.5 Å². The molecule has 0 spiro atoms. The second-order valence-corrected chi connectivity index (χ2v) is 8.31. The highest BCUT2D eigenvalue weighted by Crippen LogP contribution is 2.42. The van der Waals surface area contributed by atoms with Crippen LogP contribution in [-0.2, 0) is 0 Å². The number of rotatable bonds is 3. The monoisotopic (exact) mass is 442 g/mol. The molecule has 7 heteroatoms. The van der Waals surface area contributed by atoms with Crippen LogP contribution in [-0.4, -0.2) is 23.1 Å². The lowest BCUT2D eigenvalue weighted by Crippen LogP contribution is -2.30. The van der Waals surface area contributed by atoms with Crippen LogP contribution in [0.25, 0.3) is 11.0 Å². The molecule has 166 valence electrons. The number of amides is 1. The Morgan fingerprint density at radius 1 is 1.03 bits per heavy atom. The van der Waals surface area contributed by atoms with E-state index in [4.69, 9.17) is 9.15 Å². The molecule has 0 saturated carbocycles. The minimum Gasteiger partial charge on any atom is -0.504 e. The molecule has 2 aromatic heterocycles. The highest BCUT2D eigenvalue weighted by atomic mass is 16.5. The molecule has 5 rings (SSSR count). The number of ether oxygens (including phenoxy) is 1. The summed E-state index contributed by atoms with van der Waals surface area (Å²) in [6.45, 7) is 5.76. The Bertz CT molecular complexity index is 1510. The van der Waals surface area contributed by atoms with Gasteiger partial charge in [0.05, 0.1) is 24.1 Å². The van der Waals surface area contributed by atoms with Crippen LogP contribution in [0.1, 0.15) is 44.4 Å². The zero-order chi connectivity index (χ0) is 23.4. The van der Waals surface area contributed by atoms with Gasteiger partial charge in [-0.25, -0.2) is 4.98 Å². The molecule has 33 heavy (non-hydrogen) atoms. The van der Waals surface area contributed by atoms with Crippen LogP contribution in [0, 0.1) is 20.8 Å². The van der Waals surface area contributed by atoms with Crippen LogP contribution >= 0.6 is 0 Å². The molecule has 3 heterocycles. The van der Waals surface area contributed by atoms with Gasteiger partial charge in [-0.1, -0.05) is 6.07 Å². The normalized spacial score (nSPS) is 15.2. The van der Waals surface area contributed by atoms with Crippen molar-refractivity contribution in [3.8, 4) is 11.5 Å². The molecular weight excluding hydrogens is 420 g/mol. The molecule has 4 aromatic rings. The Balaban J connectivity index is 1.84. The van der Waals surface area contributed by atoms with E-state index in [0.717, 1.165) is 16.7 Å². The van der Waals surface area contributed by atoms with Crippen LogP contribution in [0.15, 0.2) is 57.9 Å². The first kappa shape index (κ1) is 20.8. The molecule has 0 unspecified atom stereocenters. The molecule has 1 N–H and O–H groups in total. The van der Waals surface area contributed by atoms with E-state index in [-0.39, 0.29) is 28.3 Å². The molecule has 1 aliphatic heterocycles. The van der Waals surface area contributed by atoms with Crippen molar-refractivity contribution >= 4 is 22.7 Å². The first-order chi connectivity index (χ1) is 15.8. The first-order valence-electron chi connectivity index (χ1n) is 10.5. The van der Waals surface area contributed by atoms with E-state index in [1.165, 1.54) is 18.1 Å². The number of methoxy groups -OCH3 is 1. The second-order valence-electron chi connectivity index (χ2n) is 8.31. The van der Waals surface area contributed by atoms with Crippen molar-refractivity contribution in [2.24, 2.45) is 0 Å². The lowest BCUT2D eigenvalue weighted by atomic mass is 9.97. The van der Waals surface area contributed by atoms with Crippen molar-refractivity contribution in [3.63, 3.8) is 0 Å². The number of aryl methyl sites for hydroxylation is 3. The number of pyridine rings is 1. The third kappa shape index (κ3) is 3.16. The highest BCUT2D eigenvalue weighted by Gasteiger charge is 2.44. The summed E-state index contributed by atoms with van der Waals surface area (Å²) in [7, 11) is 1.44. The molecule has 0 aliphatic carbocycles. The molecule has 0 bridgehead atoms. The van der Waals surface area contributed by atoms with Gasteiger partial charge in [0, 0.05) is 6.20 Å². The SMILES string of the molecule is COc1cc([C@H]2c3c(oc4cc(C)c(C)cc4c3=O)C(=O)N2c2cc(C)ccn2)ccc1O. The second kappa shape index (κ2) is 7.48. The van der Waals surface area contributed by atoms with Gasteiger partial charge in [0.15, 0.2) is 16.9 Å². The number of fused-ring (bicyclic) bond motifs is 2. The minimum absolute atomic E-state index is 0.00361. The predicted octanol–water partition coefficient (Wildman–Crippen LogP) is 4.58. The summed E-state index contributed by atoms with van der Waals surface area (Å²) < 4.78 is 11.3. The van der Waals surface area contributed by atoms with E-state index in [9.17, 15) is 14.7 Å². The number of aromatic hydroxyl groups is 1. The standard InChI is InChI=1S/C26H22N2O5/c1-13-7-8-27-21(9-13)28-23(16-5-6-18(29)20(12-16)32-4)22-24(30)17-10-14(2)15(3)11-19(17)33-25(22)26(28)31/h5-12,23,29H,1-4H3/t23-/m0/s1. The van der Waals surface area contributed by atoms with Crippen molar-refractivity contribution in [2.45, 2.75) is 26.8 Å². The third-order valence-electron chi connectivity index (χ3n) is 6.15. The summed E-state index contributed by atoms with van der Waals surface area (Å²) in [5.41, 5.74) is 3.78. The largest absolute Gasteiger partial charge is 0.504 e. The number of hydrogen-bond donors (Lipinski definition) is 1. The molecule has 1 atom stereocenters. The van der Waals surface area contributed by atoms with Crippen molar-refractivity contribution in [2.75, 3.05) is 12.0 Å². The van der Waals surface area contributed by atoms with Gasteiger partial charge in [-0.2, -0.15) is 0 Å². The van der Waals surface area contributed by atoms with Gasteiger partial charge in [0.25, 0.3) is 5.91 Å². The number of benzene rings is 2. The molecule has 2 aromatic carbocycles. The van der Waals surface area contributed by atoms with Crippen molar-refractivity contribution in [1.29, 1.82) is 0 Å². The molecule has 0 saturated heterocycles. The number of nitrogens with zero attached hydrogens (tertiary/aromatic N) is 2. The molecule has 7 nitrogen and oxygen atoms in total. The van der Waals surface area contributed by atoms with Gasteiger partial charge in [0.1, 0.15) is 11.4 Å². The molecule has 0 radical (unpaired) electrons. The Hall–Kier alpha value is -4.13. The van der Waals surface area contributed by atoms with Crippen molar-refractivity contribution in [3.05, 3.63) is 92.5 Å². The van der Waals surface area contributed by atoms with Gasteiger partial charge >= 0.3 is 0 Å². The van der Waals surface area contributed by atoms with Crippen LogP contribution < -0.4 is 15.1 Å². The Morgan fingerprint density at radius 3 is 2.52 bits per heavy atom. The molecule has 0 fully saturated rings. The van der Waals surface area contributed by atoms with E-state index in [0.29, 0.717) is 22.4 Å². The lowest BCUT2D eigenvalue weighted by Gasteiger charge is -2.24. The Morgan fingerprint density at radius 2 is 1.79 bits per heavy atom. The van der Waals surface area contributed by atoms with Gasteiger partial charge in [-0.05, 0) is 79.4 Å². The number of phenols is 1. The third-order valence-corrected chi connectivity index (χ3v) is 6.15. The number of carbonyl (C=O) groups excluding carboxylic acids is 1. The number of hydrogen-bond acceptors (Lipinski definition) is 6. The smallest absolute Gasteiger partial charge is 0.296 e. The summed E-state index contributed by atoms with van der Waals surface area (Å²) in [6.07, 6.45) is 1.62. The minimum atomic E-state index is -0.793. The van der Waals surface area contributed by atoms with Crippen LogP contribution in [0.4, 0.5) is 5.82 Å². The summed E-state index contributed by atoms with van der Waals surface area (Å²) in [4.78, 5) is 33.2. The van der Waals surface area contributed by atoms with Crippen LogP contribution in [0.2, 0.25) is 0 Å². The zero-order valence-electron chi connectivity index (χ0n) is 18.7. The van der Waals surface area contributed by atoms with E-state index >= 15 is 0 Å². The highest BCUT2D eigenvalue weighted by molar-refractivity contribution is 6.10. The maximum atomic E-state index is 13.7.